The van der Waals surface area contributed by atoms with Crippen molar-refractivity contribution in [3.05, 3.63) is 191 Å². The highest BCUT2D eigenvalue weighted by atomic mass is 16.5. The van der Waals surface area contributed by atoms with Gasteiger partial charge in [-0.3, -0.25) is 4.57 Å². The van der Waals surface area contributed by atoms with E-state index >= 15 is 0 Å². The maximum absolute atomic E-state index is 7.12. The van der Waals surface area contributed by atoms with Gasteiger partial charge in [0, 0.05) is 40.5 Å². The molecule has 0 aliphatic rings. The number of nitrogens with one attached hydrogen (secondary N) is 2. The molecule has 0 fully saturated rings. The average molecular weight is 923 g/mol. The van der Waals surface area contributed by atoms with E-state index in [1.807, 2.05) is 12.3 Å². The van der Waals surface area contributed by atoms with E-state index in [2.05, 4.69) is 244 Å². The largest absolute Gasteiger partial charge is 0.457 e. The van der Waals surface area contributed by atoms with Crippen molar-refractivity contribution in [2.45, 2.75) is 119 Å². The molecule has 5 heteroatoms. The molecule has 9 rings (SSSR count). The first-order valence-electron chi connectivity index (χ1n) is 25.5. The van der Waals surface area contributed by atoms with Gasteiger partial charge in [0.15, 0.2) is 0 Å². The van der Waals surface area contributed by atoms with Crippen molar-refractivity contribution < 1.29 is 4.74 Å². The first-order chi connectivity index (χ1) is 33.6. The second-order valence-corrected chi connectivity index (χ2v) is 21.0. The molecule has 0 bridgehead atoms. The van der Waals surface area contributed by atoms with Gasteiger partial charge in [-0.15, -0.1) is 0 Å². The van der Waals surface area contributed by atoms with Crippen molar-refractivity contribution in [1.29, 1.82) is 0 Å². The van der Waals surface area contributed by atoms with E-state index in [4.69, 9.17) is 9.72 Å². The molecule has 0 atom stereocenters. The highest BCUT2D eigenvalue weighted by Crippen LogP contribution is 2.44. The lowest BCUT2D eigenvalue weighted by molar-refractivity contribution is 0.484. The van der Waals surface area contributed by atoms with Gasteiger partial charge in [0.05, 0.1) is 22.4 Å². The second-order valence-electron chi connectivity index (χ2n) is 21.0. The molecule has 2 N–H and O–H groups in total. The standard InChI is InChI=1S/C65H70N4O/c1-39(2)46-32-55(41(5)6)64(56(33-46)42(7)8)45-28-29-66-63(36-45)69-61-25-19-16-22-53(61)54-27-26-51(38-62(54)69)70-52-31-48(65-57(43(9)10)34-47(40(3)4)35-58(65)44(11)12)30-50(37-52)68-60-24-18-17-23-59(60)67-49-20-14-13-15-21-49/h13-44,67-68H,1-12H3. The zero-order chi connectivity index (χ0) is 49.4. The number of pyridine rings is 1. The Kier molecular flexibility index (Phi) is 13.8. The molecule has 0 unspecified atom stereocenters. The third-order valence-electron chi connectivity index (χ3n) is 13.9. The minimum absolute atomic E-state index is 0.313. The number of aromatic nitrogens is 2. The van der Waals surface area contributed by atoms with Gasteiger partial charge < -0.3 is 15.4 Å². The van der Waals surface area contributed by atoms with Gasteiger partial charge in [0.2, 0.25) is 0 Å². The fourth-order valence-corrected chi connectivity index (χ4v) is 10.1. The van der Waals surface area contributed by atoms with Gasteiger partial charge in [0.25, 0.3) is 0 Å². The van der Waals surface area contributed by atoms with Gasteiger partial charge in [-0.25, -0.2) is 4.98 Å². The summed E-state index contributed by atoms with van der Waals surface area (Å²) in [4.78, 5) is 5.12. The Morgan fingerprint density at radius 1 is 0.400 bits per heavy atom. The lowest BCUT2D eigenvalue weighted by Gasteiger charge is -2.24. The number of anilines is 4. The van der Waals surface area contributed by atoms with Crippen LogP contribution in [0.2, 0.25) is 0 Å². The van der Waals surface area contributed by atoms with Crippen molar-refractivity contribution in [2.24, 2.45) is 0 Å². The van der Waals surface area contributed by atoms with Crippen molar-refractivity contribution in [3.8, 4) is 39.6 Å². The number of fused-ring (bicyclic) bond motifs is 3. The lowest BCUT2D eigenvalue weighted by atomic mass is 9.81. The molecule has 0 aliphatic heterocycles. The van der Waals surface area contributed by atoms with Gasteiger partial charge in [-0.2, -0.15) is 0 Å². The average Bonchev–Trinajstić information content (AvgIpc) is 3.67. The van der Waals surface area contributed by atoms with Gasteiger partial charge in [-0.1, -0.05) is 156 Å². The summed E-state index contributed by atoms with van der Waals surface area (Å²) in [5, 5.41) is 9.79. The lowest BCUT2D eigenvalue weighted by Crippen LogP contribution is -2.05. The predicted molar refractivity (Wildman–Crippen MR) is 300 cm³/mol. The summed E-state index contributed by atoms with van der Waals surface area (Å²) in [5.41, 5.74) is 19.2. The fourth-order valence-electron chi connectivity index (χ4n) is 10.1. The molecule has 9 aromatic rings. The number of nitrogens with zero attached hydrogens (tertiary/aromatic N) is 2. The molecule has 2 aromatic heterocycles. The van der Waals surface area contributed by atoms with Crippen molar-refractivity contribution in [3.63, 3.8) is 0 Å². The molecule has 0 saturated carbocycles. The number of hydrogen-bond donors (Lipinski definition) is 2. The fraction of sp³-hybridized carbons (Fsp3) is 0.277. The molecule has 5 nitrogen and oxygen atoms in total. The van der Waals surface area contributed by atoms with Crippen molar-refractivity contribution >= 4 is 44.6 Å². The van der Waals surface area contributed by atoms with Crippen LogP contribution in [-0.2, 0) is 0 Å². The van der Waals surface area contributed by atoms with E-state index < -0.39 is 0 Å². The van der Waals surface area contributed by atoms with Gasteiger partial charge in [-0.05, 0) is 158 Å². The van der Waals surface area contributed by atoms with E-state index in [1.54, 1.807) is 0 Å². The Balaban J connectivity index is 1.20. The normalized spacial score (nSPS) is 11.9. The van der Waals surface area contributed by atoms with E-state index in [0.717, 1.165) is 62.0 Å². The summed E-state index contributed by atoms with van der Waals surface area (Å²) in [6, 6.07) is 54.7. The van der Waals surface area contributed by atoms with Crippen LogP contribution in [0.3, 0.4) is 0 Å². The zero-order valence-electron chi connectivity index (χ0n) is 43.3. The van der Waals surface area contributed by atoms with E-state index in [0.29, 0.717) is 35.5 Å². The smallest absolute Gasteiger partial charge is 0.138 e. The van der Waals surface area contributed by atoms with Crippen LogP contribution in [-0.4, -0.2) is 9.55 Å². The van der Waals surface area contributed by atoms with E-state index in [-0.39, 0.29) is 0 Å². The summed E-state index contributed by atoms with van der Waals surface area (Å²) in [6.45, 7) is 27.7. The molecule has 356 valence electrons. The van der Waals surface area contributed by atoms with Crippen LogP contribution in [0.5, 0.6) is 11.5 Å². The second kappa shape index (κ2) is 20.1. The quantitative estimate of drug-likeness (QED) is 0.108. The molecule has 0 radical (unpaired) electrons. The Morgan fingerprint density at radius 3 is 1.49 bits per heavy atom. The highest BCUT2D eigenvalue weighted by Gasteiger charge is 2.23. The minimum atomic E-state index is 0.313. The molecular weight excluding hydrogens is 853 g/mol. The molecule has 70 heavy (non-hydrogen) atoms. The zero-order valence-corrected chi connectivity index (χ0v) is 43.3. The number of hydrogen-bond acceptors (Lipinski definition) is 4. The van der Waals surface area contributed by atoms with E-state index in [1.165, 1.54) is 55.5 Å². The molecule has 0 spiro atoms. The molecule has 2 heterocycles. The third kappa shape index (κ3) is 9.72. The molecule has 7 aromatic carbocycles. The molecular formula is C65H70N4O. The Labute approximate surface area is 417 Å². The van der Waals surface area contributed by atoms with Crippen LogP contribution in [0.15, 0.2) is 158 Å². The van der Waals surface area contributed by atoms with Crippen LogP contribution < -0.4 is 15.4 Å². The summed E-state index contributed by atoms with van der Waals surface area (Å²) in [5.74, 6) is 4.58. The third-order valence-corrected chi connectivity index (χ3v) is 13.9. The first kappa shape index (κ1) is 47.9. The number of rotatable bonds is 15. The monoisotopic (exact) mass is 923 g/mol. The summed E-state index contributed by atoms with van der Waals surface area (Å²) in [7, 11) is 0. The van der Waals surface area contributed by atoms with Crippen LogP contribution >= 0.6 is 0 Å². The van der Waals surface area contributed by atoms with Gasteiger partial charge >= 0.3 is 0 Å². The molecule has 0 aliphatic carbocycles. The highest BCUT2D eigenvalue weighted by molar-refractivity contribution is 6.09. The van der Waals surface area contributed by atoms with Crippen molar-refractivity contribution in [1.82, 2.24) is 9.55 Å². The van der Waals surface area contributed by atoms with Crippen LogP contribution in [0.25, 0.3) is 49.9 Å². The Morgan fingerprint density at radius 2 is 0.914 bits per heavy atom. The van der Waals surface area contributed by atoms with Crippen molar-refractivity contribution in [2.75, 3.05) is 10.6 Å². The Hall–Kier alpha value is -7.11. The maximum Gasteiger partial charge on any atom is 0.138 e. The molecule has 0 amide bonds. The maximum atomic E-state index is 7.12. The minimum Gasteiger partial charge on any atom is -0.457 e. The summed E-state index contributed by atoms with van der Waals surface area (Å²) < 4.78 is 9.43. The van der Waals surface area contributed by atoms with Crippen LogP contribution in [0.4, 0.5) is 22.7 Å². The predicted octanol–water partition coefficient (Wildman–Crippen LogP) is 19.5. The molecule has 0 saturated heterocycles. The SMILES string of the molecule is CC(C)c1cc(C(C)C)c(-c2cc(Nc3ccccc3Nc3ccccc3)cc(Oc3ccc4c5ccccc5n(-c5cc(-c6c(C(C)C)cc(C(C)C)cc6C(C)C)ccn5)c4c3)c2)c(C(C)C)c1. The number of para-hydroxylation sites is 4. The summed E-state index contributed by atoms with van der Waals surface area (Å²) in [6.07, 6.45) is 1.98. The topological polar surface area (TPSA) is 51.1 Å². The summed E-state index contributed by atoms with van der Waals surface area (Å²) >= 11 is 0. The Bertz CT molecular complexity index is 3260. The van der Waals surface area contributed by atoms with Gasteiger partial charge in [0.1, 0.15) is 17.3 Å². The first-order valence-corrected chi connectivity index (χ1v) is 25.5. The van der Waals surface area contributed by atoms with Crippen LogP contribution in [0.1, 0.15) is 152 Å². The van der Waals surface area contributed by atoms with Crippen LogP contribution in [0, 0.1) is 0 Å². The number of ether oxygens (including phenoxy) is 1. The number of benzene rings is 7. The van der Waals surface area contributed by atoms with E-state index in [9.17, 15) is 0 Å².